The van der Waals surface area contributed by atoms with Gasteiger partial charge in [0, 0.05) is 5.92 Å². The third-order valence-corrected chi connectivity index (χ3v) is 2.75. The Labute approximate surface area is 81.2 Å². The van der Waals surface area contributed by atoms with Crippen LogP contribution in [0.3, 0.4) is 0 Å². The van der Waals surface area contributed by atoms with Crippen LogP contribution in [0, 0.1) is 5.92 Å². The molecular formula is C12H20O. The van der Waals surface area contributed by atoms with E-state index in [0.29, 0.717) is 5.78 Å². The van der Waals surface area contributed by atoms with E-state index >= 15 is 0 Å². The normalized spacial score (nSPS) is 22.2. The van der Waals surface area contributed by atoms with Crippen molar-refractivity contribution in [2.75, 3.05) is 0 Å². The van der Waals surface area contributed by atoms with E-state index in [1.165, 1.54) is 31.3 Å². The summed E-state index contributed by atoms with van der Waals surface area (Å²) in [4.78, 5) is 11.2. The fourth-order valence-corrected chi connectivity index (χ4v) is 1.85. The van der Waals surface area contributed by atoms with E-state index in [0.717, 1.165) is 12.8 Å². The van der Waals surface area contributed by atoms with Gasteiger partial charge in [-0.2, -0.15) is 0 Å². The first-order valence-corrected chi connectivity index (χ1v) is 5.47. The summed E-state index contributed by atoms with van der Waals surface area (Å²) < 4.78 is 0. The zero-order valence-electron chi connectivity index (χ0n) is 8.81. The topological polar surface area (TPSA) is 17.1 Å². The Kier molecular flexibility index (Phi) is 4.20. The molecule has 1 unspecified atom stereocenters. The second-order valence-electron chi connectivity index (χ2n) is 4.12. The molecule has 0 aliphatic heterocycles. The summed E-state index contributed by atoms with van der Waals surface area (Å²) in [6.45, 7) is 4.25. The predicted molar refractivity (Wildman–Crippen MR) is 55.6 cm³/mol. The molecule has 0 aromatic heterocycles. The maximum Gasteiger partial charge on any atom is 0.158 e. The summed E-state index contributed by atoms with van der Waals surface area (Å²) >= 11 is 0. The first kappa shape index (κ1) is 10.5. The summed E-state index contributed by atoms with van der Waals surface area (Å²) in [5, 5.41) is 0. The van der Waals surface area contributed by atoms with Crippen LogP contribution >= 0.6 is 0 Å². The molecule has 0 bridgehead atoms. The quantitative estimate of drug-likeness (QED) is 0.592. The molecule has 1 rings (SSSR count). The fraction of sp³-hybridized carbons (Fsp3) is 0.750. The van der Waals surface area contributed by atoms with Gasteiger partial charge in [-0.15, -0.1) is 0 Å². The number of allylic oxidation sites excluding steroid dienone is 2. The predicted octanol–water partition coefficient (Wildman–Crippen LogP) is 3.49. The Balaban J connectivity index is 2.16. The Morgan fingerprint density at radius 3 is 2.69 bits per heavy atom. The zero-order chi connectivity index (χ0) is 9.68. The highest BCUT2D eigenvalue weighted by Gasteiger charge is 2.19. The number of carbonyl (C=O) groups is 1. The molecule has 0 N–H and O–H groups in total. The van der Waals surface area contributed by atoms with Gasteiger partial charge >= 0.3 is 0 Å². The van der Waals surface area contributed by atoms with Crippen molar-refractivity contribution >= 4 is 5.78 Å². The summed E-state index contributed by atoms with van der Waals surface area (Å²) in [5.41, 5.74) is 1.38. The number of carbonyl (C=O) groups excluding carboxylic acids is 1. The number of hydrogen-bond acceptors (Lipinski definition) is 1. The van der Waals surface area contributed by atoms with E-state index in [-0.39, 0.29) is 5.92 Å². The van der Waals surface area contributed by atoms with Crippen molar-refractivity contribution in [2.45, 2.75) is 52.4 Å². The molecule has 1 aliphatic rings. The van der Waals surface area contributed by atoms with Gasteiger partial charge in [0.15, 0.2) is 5.78 Å². The molecule has 0 amide bonds. The minimum absolute atomic E-state index is 0.265. The minimum Gasteiger partial charge on any atom is -0.295 e. The van der Waals surface area contributed by atoms with E-state index in [1.807, 2.05) is 13.0 Å². The van der Waals surface area contributed by atoms with Crippen LogP contribution in [0.4, 0.5) is 0 Å². The monoisotopic (exact) mass is 180 g/mol. The smallest absolute Gasteiger partial charge is 0.158 e. The number of rotatable bonds is 5. The average molecular weight is 180 g/mol. The van der Waals surface area contributed by atoms with Gasteiger partial charge in [-0.25, -0.2) is 0 Å². The van der Waals surface area contributed by atoms with Crippen LogP contribution in [-0.2, 0) is 4.79 Å². The van der Waals surface area contributed by atoms with E-state index in [9.17, 15) is 4.79 Å². The van der Waals surface area contributed by atoms with Crippen molar-refractivity contribution in [1.29, 1.82) is 0 Å². The van der Waals surface area contributed by atoms with Gasteiger partial charge in [-0.1, -0.05) is 38.7 Å². The van der Waals surface area contributed by atoms with Crippen LogP contribution in [0.15, 0.2) is 11.6 Å². The molecule has 0 radical (unpaired) electrons. The molecule has 1 heteroatoms. The molecule has 1 atom stereocenters. The van der Waals surface area contributed by atoms with Gasteiger partial charge in [0.05, 0.1) is 0 Å². The average Bonchev–Trinajstić information content (AvgIpc) is 2.41. The van der Waals surface area contributed by atoms with Crippen LogP contribution in [0.1, 0.15) is 52.4 Å². The van der Waals surface area contributed by atoms with Crippen molar-refractivity contribution < 1.29 is 4.79 Å². The van der Waals surface area contributed by atoms with Crippen LogP contribution in [0.5, 0.6) is 0 Å². The van der Waals surface area contributed by atoms with Crippen molar-refractivity contribution in [1.82, 2.24) is 0 Å². The first-order chi connectivity index (χ1) is 6.24. The van der Waals surface area contributed by atoms with Crippen molar-refractivity contribution in [3.63, 3.8) is 0 Å². The van der Waals surface area contributed by atoms with Gasteiger partial charge in [-0.05, 0) is 25.3 Å². The Hall–Kier alpha value is -0.590. The zero-order valence-corrected chi connectivity index (χ0v) is 8.81. The summed E-state index contributed by atoms with van der Waals surface area (Å²) in [7, 11) is 0. The number of ketones is 1. The molecule has 0 saturated carbocycles. The highest BCUT2D eigenvalue weighted by atomic mass is 16.1. The molecule has 74 valence electrons. The highest BCUT2D eigenvalue weighted by Crippen LogP contribution is 2.25. The van der Waals surface area contributed by atoms with Crippen molar-refractivity contribution in [2.24, 2.45) is 5.92 Å². The molecule has 13 heavy (non-hydrogen) atoms. The lowest BCUT2D eigenvalue weighted by molar-refractivity contribution is -0.116. The molecule has 0 fully saturated rings. The Bertz CT molecular complexity index is 203. The molecule has 1 aliphatic carbocycles. The largest absolute Gasteiger partial charge is 0.295 e. The second-order valence-corrected chi connectivity index (χ2v) is 4.12. The molecule has 0 spiro atoms. The van der Waals surface area contributed by atoms with Gasteiger partial charge in [0.2, 0.25) is 0 Å². The minimum atomic E-state index is 0.265. The van der Waals surface area contributed by atoms with Gasteiger partial charge < -0.3 is 0 Å². The fourth-order valence-electron chi connectivity index (χ4n) is 1.85. The number of unbranched alkanes of at least 4 members (excludes halogenated alkanes) is 3. The SMILES string of the molecule is CCCCCCC1=CC(=O)C(C)C1. The standard InChI is InChI=1S/C12H20O/c1-3-4-5-6-7-11-8-10(2)12(13)9-11/h9-10H,3-8H2,1-2H3. The molecule has 0 saturated heterocycles. The van der Waals surface area contributed by atoms with Crippen LogP contribution in [-0.4, -0.2) is 5.78 Å². The van der Waals surface area contributed by atoms with E-state index in [2.05, 4.69) is 6.92 Å². The lowest BCUT2D eigenvalue weighted by Gasteiger charge is -2.02. The molecule has 0 aromatic carbocycles. The summed E-state index contributed by atoms with van der Waals surface area (Å²) in [6, 6.07) is 0. The molecule has 0 aromatic rings. The molecule has 1 nitrogen and oxygen atoms in total. The Morgan fingerprint density at radius 2 is 2.15 bits per heavy atom. The first-order valence-electron chi connectivity index (χ1n) is 5.47. The second kappa shape index (κ2) is 5.21. The lowest BCUT2D eigenvalue weighted by atomic mass is 10.0. The highest BCUT2D eigenvalue weighted by molar-refractivity contribution is 5.94. The van der Waals surface area contributed by atoms with Crippen LogP contribution in [0.25, 0.3) is 0 Å². The Morgan fingerprint density at radius 1 is 1.38 bits per heavy atom. The van der Waals surface area contributed by atoms with Crippen molar-refractivity contribution in [3.05, 3.63) is 11.6 Å². The lowest BCUT2D eigenvalue weighted by Crippen LogP contribution is -1.99. The third kappa shape index (κ3) is 3.33. The summed E-state index contributed by atoms with van der Waals surface area (Å²) in [6.07, 6.45) is 9.24. The van der Waals surface area contributed by atoms with E-state index < -0.39 is 0 Å². The van der Waals surface area contributed by atoms with E-state index in [1.54, 1.807) is 0 Å². The van der Waals surface area contributed by atoms with E-state index in [4.69, 9.17) is 0 Å². The maximum atomic E-state index is 11.2. The maximum absolute atomic E-state index is 11.2. The van der Waals surface area contributed by atoms with Gasteiger partial charge in [0.1, 0.15) is 0 Å². The van der Waals surface area contributed by atoms with Crippen molar-refractivity contribution in [3.8, 4) is 0 Å². The number of hydrogen-bond donors (Lipinski definition) is 0. The van der Waals surface area contributed by atoms with Crippen LogP contribution in [0.2, 0.25) is 0 Å². The van der Waals surface area contributed by atoms with Gasteiger partial charge in [-0.3, -0.25) is 4.79 Å². The van der Waals surface area contributed by atoms with Crippen LogP contribution < -0.4 is 0 Å². The third-order valence-electron chi connectivity index (χ3n) is 2.75. The summed E-state index contributed by atoms with van der Waals surface area (Å²) in [5.74, 6) is 0.603. The van der Waals surface area contributed by atoms with Gasteiger partial charge in [0.25, 0.3) is 0 Å². The molecular weight excluding hydrogens is 160 g/mol. The molecule has 0 heterocycles.